The van der Waals surface area contributed by atoms with Crippen molar-refractivity contribution in [3.63, 3.8) is 0 Å². The first-order valence-electron chi connectivity index (χ1n) is 11.0. The van der Waals surface area contributed by atoms with Gasteiger partial charge in [-0.3, -0.25) is 15.2 Å². The minimum atomic E-state index is -5.08. The molecular formula is C23H23F3N6O5S2. The van der Waals surface area contributed by atoms with E-state index >= 15 is 0 Å². The number of nitrogens with one attached hydrogen (secondary N) is 2. The summed E-state index contributed by atoms with van der Waals surface area (Å²) in [6, 6.07) is 11.0. The van der Waals surface area contributed by atoms with Crippen LogP contribution >= 0.6 is 11.3 Å². The average Bonchev–Trinajstić information content (AvgIpc) is 3.49. The maximum atomic E-state index is 12.9. The highest BCUT2D eigenvalue weighted by atomic mass is 32.2. The molecule has 0 bridgehead atoms. The average molecular weight is 585 g/mol. The van der Waals surface area contributed by atoms with E-state index in [0.29, 0.717) is 29.8 Å². The van der Waals surface area contributed by atoms with E-state index in [9.17, 15) is 26.4 Å². The highest BCUT2D eigenvalue weighted by molar-refractivity contribution is 7.91. The number of aliphatic carboxylic acids is 1. The van der Waals surface area contributed by atoms with Crippen molar-refractivity contribution in [2.45, 2.75) is 29.4 Å². The maximum Gasteiger partial charge on any atom is 0.490 e. The molecule has 1 aromatic carbocycles. The summed E-state index contributed by atoms with van der Waals surface area (Å²) in [7, 11) is -3.85. The molecule has 7 N–H and O–H groups in total. The molecular weight excluding hydrogens is 561 g/mol. The van der Waals surface area contributed by atoms with Crippen molar-refractivity contribution in [2.75, 3.05) is 12.3 Å². The molecule has 39 heavy (non-hydrogen) atoms. The smallest absolute Gasteiger partial charge is 0.475 e. The van der Waals surface area contributed by atoms with Crippen molar-refractivity contribution in [1.29, 1.82) is 5.41 Å². The topological polar surface area (TPSA) is 193 Å². The van der Waals surface area contributed by atoms with Crippen LogP contribution in [0.5, 0.6) is 0 Å². The van der Waals surface area contributed by atoms with E-state index < -0.39 is 28.2 Å². The van der Waals surface area contributed by atoms with Crippen LogP contribution < -0.4 is 16.2 Å². The van der Waals surface area contributed by atoms with Gasteiger partial charge in [-0.15, -0.1) is 11.3 Å². The molecule has 3 heterocycles. The van der Waals surface area contributed by atoms with Crippen LogP contribution in [0.2, 0.25) is 0 Å². The van der Waals surface area contributed by atoms with Crippen LogP contribution in [0.4, 0.5) is 18.9 Å². The standard InChI is InChI=1S/C21H22N6O3S2.C2HF3O2/c22-16-4-3-13(20(23)24)10-15(16)12-27-9-7-17(21(27)28)26-32(29,30)19-6-5-18(31-19)14-2-1-8-25-11-14;3-2(4,5)1(6)7/h1-6,8,10-11,17,26H,7,9,12,22H2,(H3,23,24);(H,6,7)/t17-;/m0./s1. The second kappa shape index (κ2) is 11.8. The van der Waals surface area contributed by atoms with Crippen LogP contribution in [0.3, 0.4) is 0 Å². The number of amides is 1. The number of pyridine rings is 1. The van der Waals surface area contributed by atoms with Crippen LogP contribution in [0.25, 0.3) is 10.4 Å². The van der Waals surface area contributed by atoms with E-state index in [1.807, 2.05) is 6.07 Å². The maximum absolute atomic E-state index is 12.9. The van der Waals surface area contributed by atoms with E-state index in [1.165, 1.54) is 6.07 Å². The number of nitrogens with two attached hydrogens (primary N) is 2. The lowest BCUT2D eigenvalue weighted by molar-refractivity contribution is -0.192. The Morgan fingerprint density at radius 3 is 2.54 bits per heavy atom. The summed E-state index contributed by atoms with van der Waals surface area (Å²) in [6.07, 6.45) is -1.41. The lowest BCUT2D eigenvalue weighted by Gasteiger charge is -2.19. The molecule has 1 fully saturated rings. The van der Waals surface area contributed by atoms with Crippen LogP contribution in [0.15, 0.2) is 59.1 Å². The number of rotatable bonds is 7. The van der Waals surface area contributed by atoms with E-state index in [1.54, 1.807) is 47.6 Å². The van der Waals surface area contributed by atoms with Crippen molar-refractivity contribution in [1.82, 2.24) is 14.6 Å². The van der Waals surface area contributed by atoms with Gasteiger partial charge in [-0.25, -0.2) is 13.2 Å². The number of carbonyl (C=O) groups excluding carboxylic acids is 1. The Morgan fingerprint density at radius 2 is 1.95 bits per heavy atom. The lowest BCUT2D eigenvalue weighted by Crippen LogP contribution is -2.41. The molecule has 0 spiro atoms. The van der Waals surface area contributed by atoms with E-state index in [4.69, 9.17) is 26.8 Å². The Kier molecular flexibility index (Phi) is 8.93. The normalized spacial score (nSPS) is 15.5. The summed E-state index contributed by atoms with van der Waals surface area (Å²) in [6.45, 7) is 0.606. The predicted molar refractivity (Wildman–Crippen MR) is 137 cm³/mol. The summed E-state index contributed by atoms with van der Waals surface area (Å²) in [5, 5.41) is 14.7. The summed E-state index contributed by atoms with van der Waals surface area (Å²) in [5.74, 6) is -3.16. The Balaban J connectivity index is 0.000000532. The molecule has 16 heteroatoms. The Labute approximate surface area is 224 Å². The van der Waals surface area contributed by atoms with E-state index in [2.05, 4.69) is 9.71 Å². The van der Waals surface area contributed by atoms with Gasteiger partial charge < -0.3 is 21.5 Å². The predicted octanol–water partition coefficient (Wildman–Crippen LogP) is 2.39. The monoisotopic (exact) mass is 584 g/mol. The molecule has 0 unspecified atom stereocenters. The quantitative estimate of drug-likeness (QED) is 0.159. The van der Waals surface area contributed by atoms with Gasteiger partial charge >= 0.3 is 12.1 Å². The number of anilines is 1. The molecule has 0 aliphatic carbocycles. The highest BCUT2D eigenvalue weighted by Crippen LogP contribution is 2.31. The van der Waals surface area contributed by atoms with Gasteiger partial charge in [-0.05, 0) is 48.4 Å². The van der Waals surface area contributed by atoms with E-state index in [0.717, 1.165) is 21.8 Å². The molecule has 1 saturated heterocycles. The molecule has 1 amide bonds. The number of aromatic nitrogens is 1. The molecule has 208 valence electrons. The molecule has 3 aromatic rings. The second-order valence-electron chi connectivity index (χ2n) is 8.21. The third kappa shape index (κ3) is 7.52. The number of carboxylic acids is 1. The lowest BCUT2D eigenvalue weighted by atomic mass is 10.1. The summed E-state index contributed by atoms with van der Waals surface area (Å²) >= 11 is 1.12. The molecule has 0 saturated carbocycles. The number of hydrogen-bond donors (Lipinski definition) is 5. The number of hydrogen-bond acceptors (Lipinski definition) is 8. The van der Waals surface area contributed by atoms with Gasteiger partial charge in [-0.2, -0.15) is 17.9 Å². The van der Waals surface area contributed by atoms with Crippen molar-refractivity contribution in [2.24, 2.45) is 5.73 Å². The largest absolute Gasteiger partial charge is 0.490 e. The number of amidine groups is 1. The van der Waals surface area contributed by atoms with Gasteiger partial charge in [0.05, 0.1) is 0 Å². The Morgan fingerprint density at radius 1 is 1.26 bits per heavy atom. The van der Waals surface area contributed by atoms with Gasteiger partial charge in [0, 0.05) is 47.2 Å². The third-order valence-electron chi connectivity index (χ3n) is 5.44. The van der Waals surface area contributed by atoms with Crippen molar-refractivity contribution in [3.8, 4) is 10.4 Å². The van der Waals surface area contributed by atoms with E-state index in [-0.39, 0.29) is 22.5 Å². The van der Waals surface area contributed by atoms with Gasteiger partial charge in [0.1, 0.15) is 16.1 Å². The number of halogens is 3. The molecule has 4 rings (SSSR count). The van der Waals surface area contributed by atoms with Crippen LogP contribution in [0, 0.1) is 5.41 Å². The Bertz CT molecular complexity index is 1480. The van der Waals surface area contributed by atoms with Gasteiger partial charge in [0.2, 0.25) is 5.91 Å². The van der Waals surface area contributed by atoms with Gasteiger partial charge in [0.25, 0.3) is 10.0 Å². The minimum absolute atomic E-state index is 0.0914. The number of thiophene rings is 1. The molecule has 1 aliphatic rings. The van der Waals surface area contributed by atoms with Crippen molar-refractivity contribution >= 4 is 44.8 Å². The number of likely N-dealkylation sites (tertiary alicyclic amines) is 1. The summed E-state index contributed by atoms with van der Waals surface area (Å²) < 4.78 is 60.2. The molecule has 2 aromatic heterocycles. The van der Waals surface area contributed by atoms with Gasteiger partial charge in [0.15, 0.2) is 0 Å². The summed E-state index contributed by atoms with van der Waals surface area (Å²) in [5.41, 5.74) is 14.0. The fourth-order valence-electron chi connectivity index (χ4n) is 3.49. The zero-order valence-electron chi connectivity index (χ0n) is 20.0. The first-order valence-corrected chi connectivity index (χ1v) is 13.3. The fraction of sp³-hybridized carbons (Fsp3) is 0.217. The first-order chi connectivity index (χ1) is 18.2. The fourth-order valence-corrected chi connectivity index (χ4v) is 6.03. The molecule has 1 atom stereocenters. The number of nitrogens with zero attached hydrogens (tertiary/aromatic N) is 2. The molecule has 1 aliphatic heterocycles. The number of benzene rings is 1. The zero-order chi connectivity index (χ0) is 29.0. The summed E-state index contributed by atoms with van der Waals surface area (Å²) in [4.78, 5) is 28.1. The zero-order valence-corrected chi connectivity index (χ0v) is 21.6. The molecule has 11 nitrogen and oxygen atoms in total. The highest BCUT2D eigenvalue weighted by Gasteiger charge is 2.38. The number of sulfonamides is 1. The Hall–Kier alpha value is -4.02. The first kappa shape index (κ1) is 29.5. The van der Waals surface area contributed by atoms with Crippen LogP contribution in [0.1, 0.15) is 17.5 Å². The van der Waals surface area contributed by atoms with Gasteiger partial charge in [-0.1, -0.05) is 6.07 Å². The molecule has 0 radical (unpaired) electrons. The van der Waals surface area contributed by atoms with Crippen LogP contribution in [-0.2, 0) is 26.2 Å². The third-order valence-corrected chi connectivity index (χ3v) is 8.54. The van der Waals surface area contributed by atoms with Crippen molar-refractivity contribution in [3.05, 3.63) is 66.0 Å². The SMILES string of the molecule is N=C(N)c1ccc(N)c(CN2CC[C@H](NS(=O)(=O)c3ccc(-c4cccnc4)s3)C2=O)c1.O=C(O)C(F)(F)F. The van der Waals surface area contributed by atoms with Crippen molar-refractivity contribution < 1.29 is 36.3 Å². The number of alkyl halides is 3. The van der Waals surface area contributed by atoms with Crippen LogP contribution in [-0.4, -0.2) is 59.9 Å². The second-order valence-corrected chi connectivity index (χ2v) is 11.2. The number of nitrogen functional groups attached to an aromatic ring is 2. The number of carboxylic acid groups (broad SMARTS) is 1. The number of carbonyl (C=O) groups is 2. The minimum Gasteiger partial charge on any atom is -0.475 e.